The lowest BCUT2D eigenvalue weighted by Gasteiger charge is -2.31. The maximum Gasteiger partial charge on any atom is 0.232 e. The van der Waals surface area contributed by atoms with Crippen LogP contribution in [-0.2, 0) is 16.1 Å². The summed E-state index contributed by atoms with van der Waals surface area (Å²) in [6.45, 7) is 1.51. The van der Waals surface area contributed by atoms with Crippen LogP contribution < -0.4 is 4.72 Å². The molecule has 4 atom stereocenters. The minimum Gasteiger partial charge on any atom is -0.391 e. The molecule has 0 aromatic carbocycles. The van der Waals surface area contributed by atoms with Crippen molar-refractivity contribution >= 4 is 17.0 Å². The average molecular weight is 221 g/mol. The number of hydrogen-bond acceptors (Lipinski definition) is 3. The highest BCUT2D eigenvalue weighted by Gasteiger charge is 2.31. The lowest BCUT2D eigenvalue weighted by molar-refractivity contribution is -0.122. The van der Waals surface area contributed by atoms with Gasteiger partial charge in [-0.15, -0.1) is 0 Å². The number of ketones is 1. The first-order chi connectivity index (χ1) is 6.50. The summed E-state index contributed by atoms with van der Waals surface area (Å²) >= 11 is -2.13. The highest BCUT2D eigenvalue weighted by atomic mass is 32.2. The van der Waals surface area contributed by atoms with Gasteiger partial charge in [0.05, 0.1) is 6.10 Å². The van der Waals surface area contributed by atoms with Crippen LogP contribution in [0, 0.1) is 5.92 Å². The topological polar surface area (TPSA) is 86.6 Å². The molecule has 0 aromatic heterocycles. The number of carbonyl (C=O) groups excluding carboxylic acids is 1. The van der Waals surface area contributed by atoms with Gasteiger partial charge in [0.25, 0.3) is 0 Å². The summed E-state index contributed by atoms with van der Waals surface area (Å²) < 4.78 is 21.4. The van der Waals surface area contributed by atoms with E-state index in [1.54, 1.807) is 0 Å². The van der Waals surface area contributed by atoms with Crippen LogP contribution in [0.15, 0.2) is 0 Å². The maximum absolute atomic E-state index is 11.1. The Hall–Kier alpha value is -0.300. The molecular weight excluding hydrogens is 206 g/mol. The molecule has 6 heteroatoms. The van der Waals surface area contributed by atoms with E-state index in [1.165, 1.54) is 6.92 Å². The third kappa shape index (κ3) is 3.13. The Morgan fingerprint density at radius 2 is 2.14 bits per heavy atom. The first kappa shape index (κ1) is 11.8. The molecule has 0 heterocycles. The Balaban J connectivity index is 2.55. The maximum atomic E-state index is 11.1. The van der Waals surface area contributed by atoms with Gasteiger partial charge in [-0.1, -0.05) is 0 Å². The van der Waals surface area contributed by atoms with E-state index < -0.39 is 23.4 Å². The van der Waals surface area contributed by atoms with Crippen molar-refractivity contribution in [2.45, 2.75) is 38.3 Å². The quantitative estimate of drug-likeness (QED) is 0.577. The molecule has 3 N–H and O–H groups in total. The third-order valence-electron chi connectivity index (χ3n) is 2.64. The molecule has 1 rings (SSSR count). The van der Waals surface area contributed by atoms with Gasteiger partial charge >= 0.3 is 0 Å². The van der Waals surface area contributed by atoms with Crippen LogP contribution in [-0.4, -0.2) is 31.8 Å². The molecule has 5 nitrogen and oxygen atoms in total. The summed E-state index contributed by atoms with van der Waals surface area (Å²) in [5.41, 5.74) is 0. The predicted molar refractivity (Wildman–Crippen MR) is 51.7 cm³/mol. The van der Waals surface area contributed by atoms with Crippen LogP contribution in [0.5, 0.6) is 0 Å². The van der Waals surface area contributed by atoms with E-state index in [1.807, 2.05) is 0 Å². The number of hydrogen-bond donors (Lipinski definition) is 3. The molecule has 0 spiro atoms. The van der Waals surface area contributed by atoms with Gasteiger partial charge in [0.1, 0.15) is 5.78 Å². The van der Waals surface area contributed by atoms with Crippen LogP contribution in [0.4, 0.5) is 0 Å². The number of Topliss-reactive ketones (excluding diaryl/α,β-unsaturated/α-hetero) is 1. The van der Waals surface area contributed by atoms with Crippen molar-refractivity contribution in [2.75, 3.05) is 0 Å². The molecule has 0 saturated heterocycles. The van der Waals surface area contributed by atoms with E-state index in [2.05, 4.69) is 4.72 Å². The molecule has 1 saturated carbocycles. The third-order valence-corrected chi connectivity index (χ3v) is 3.15. The van der Waals surface area contributed by atoms with Crippen molar-refractivity contribution in [3.05, 3.63) is 0 Å². The molecule has 1 fully saturated rings. The van der Waals surface area contributed by atoms with Gasteiger partial charge in [-0.3, -0.25) is 9.35 Å². The van der Waals surface area contributed by atoms with Crippen LogP contribution in [0.3, 0.4) is 0 Å². The Labute approximate surface area is 85.3 Å². The van der Waals surface area contributed by atoms with Gasteiger partial charge in [0.2, 0.25) is 11.3 Å². The molecular formula is C8H15NO4S. The number of aliphatic hydroxyl groups excluding tert-OH is 1. The zero-order chi connectivity index (χ0) is 10.7. The predicted octanol–water partition coefficient (Wildman–Crippen LogP) is -0.169. The van der Waals surface area contributed by atoms with Gasteiger partial charge in [-0.25, -0.2) is 8.93 Å². The smallest absolute Gasteiger partial charge is 0.232 e. The lowest BCUT2D eigenvalue weighted by Crippen LogP contribution is -2.46. The molecule has 0 aliphatic heterocycles. The monoisotopic (exact) mass is 221 g/mol. The van der Waals surface area contributed by atoms with Crippen LogP contribution in [0.1, 0.15) is 26.2 Å². The Bertz CT molecular complexity index is 245. The number of nitrogens with one attached hydrogen (secondary N) is 1. The van der Waals surface area contributed by atoms with Gasteiger partial charge in [-0.2, -0.15) is 0 Å². The Kier molecular flexibility index (Phi) is 4.18. The van der Waals surface area contributed by atoms with Crippen molar-refractivity contribution in [2.24, 2.45) is 5.92 Å². The van der Waals surface area contributed by atoms with Crippen LogP contribution >= 0.6 is 0 Å². The summed E-state index contributed by atoms with van der Waals surface area (Å²) in [5.74, 6) is -0.0214. The standard InChI is InChI=1S/C8H15NO4S/c1-5(10)6-2-3-8(11)7(4-6)9-14(12)13/h6-9,11H,2-4H2,1H3,(H,12,13)/t6-,7+,8+/m0/s1. The molecule has 14 heavy (non-hydrogen) atoms. The average Bonchev–Trinajstić information content (AvgIpc) is 2.07. The zero-order valence-corrected chi connectivity index (χ0v) is 8.79. The minimum absolute atomic E-state index is 0.0763. The van der Waals surface area contributed by atoms with Crippen LogP contribution in [0.2, 0.25) is 0 Å². The van der Waals surface area contributed by atoms with Crippen molar-refractivity contribution < 1.29 is 18.7 Å². The highest BCUT2D eigenvalue weighted by Crippen LogP contribution is 2.25. The molecule has 82 valence electrons. The number of rotatable bonds is 3. The SMILES string of the molecule is CC(=O)[C@H]1CC[C@@H](O)[C@H](NS(=O)O)C1. The summed E-state index contributed by atoms with van der Waals surface area (Å²) in [4.78, 5) is 11.1. The highest BCUT2D eigenvalue weighted by molar-refractivity contribution is 7.77. The fraction of sp³-hybridized carbons (Fsp3) is 0.875. The fourth-order valence-corrected chi connectivity index (χ4v) is 2.29. The molecule has 1 aliphatic carbocycles. The van der Waals surface area contributed by atoms with E-state index in [0.717, 1.165) is 0 Å². The van der Waals surface area contributed by atoms with E-state index in [0.29, 0.717) is 19.3 Å². The molecule has 1 unspecified atom stereocenters. The first-order valence-electron chi connectivity index (χ1n) is 4.56. The van der Waals surface area contributed by atoms with Crippen molar-refractivity contribution in [1.29, 1.82) is 0 Å². The largest absolute Gasteiger partial charge is 0.391 e. The van der Waals surface area contributed by atoms with Gasteiger partial charge in [-0.05, 0) is 26.2 Å². The molecule has 0 amide bonds. The number of carbonyl (C=O) groups is 1. The second-order valence-electron chi connectivity index (χ2n) is 3.66. The van der Waals surface area contributed by atoms with Crippen LogP contribution in [0.25, 0.3) is 0 Å². The summed E-state index contributed by atoms with van der Waals surface area (Å²) in [6, 6.07) is -0.455. The van der Waals surface area contributed by atoms with Gasteiger partial charge < -0.3 is 5.11 Å². The minimum atomic E-state index is -2.13. The fourth-order valence-electron chi connectivity index (χ4n) is 1.78. The Morgan fingerprint density at radius 1 is 1.50 bits per heavy atom. The van der Waals surface area contributed by atoms with Crippen molar-refractivity contribution in [1.82, 2.24) is 4.72 Å². The van der Waals surface area contributed by atoms with E-state index in [9.17, 15) is 14.1 Å². The molecule has 0 bridgehead atoms. The van der Waals surface area contributed by atoms with Gasteiger partial charge in [0.15, 0.2) is 0 Å². The molecule has 1 aliphatic rings. The molecule has 0 aromatic rings. The van der Waals surface area contributed by atoms with E-state index in [-0.39, 0.29) is 11.7 Å². The van der Waals surface area contributed by atoms with E-state index >= 15 is 0 Å². The second-order valence-corrected chi connectivity index (χ2v) is 4.40. The summed E-state index contributed by atoms with van der Waals surface area (Å²) in [5, 5.41) is 9.50. The summed E-state index contributed by atoms with van der Waals surface area (Å²) in [7, 11) is 0. The second kappa shape index (κ2) is 4.97. The lowest BCUT2D eigenvalue weighted by atomic mass is 9.82. The Morgan fingerprint density at radius 3 is 2.64 bits per heavy atom. The van der Waals surface area contributed by atoms with Gasteiger partial charge in [0, 0.05) is 12.0 Å². The van der Waals surface area contributed by atoms with E-state index in [4.69, 9.17) is 4.55 Å². The van der Waals surface area contributed by atoms with Crippen molar-refractivity contribution in [3.8, 4) is 0 Å². The molecule has 0 radical (unpaired) electrons. The first-order valence-corrected chi connectivity index (χ1v) is 5.67. The van der Waals surface area contributed by atoms with Crippen molar-refractivity contribution in [3.63, 3.8) is 0 Å². The zero-order valence-electron chi connectivity index (χ0n) is 7.97. The number of aliphatic hydroxyl groups is 1. The normalized spacial score (nSPS) is 35.2. The summed E-state index contributed by atoms with van der Waals surface area (Å²) in [6.07, 6.45) is 0.955.